The summed E-state index contributed by atoms with van der Waals surface area (Å²) in [6.07, 6.45) is 2.58. The van der Waals surface area contributed by atoms with Gasteiger partial charge in [-0.2, -0.15) is 0 Å². The number of nitrogens with two attached hydrogens (primary N) is 1. The standard InChI is InChI=1S/C15H22N4O/c1-20-12-4-5-13(15(16)17)14(9-12)19-8-7-18-6-2-3-11(18)10-19/h4-5,9,11H,2-3,6-8,10H2,1H3,(H3,16,17). The van der Waals surface area contributed by atoms with Crippen LogP contribution in [0.25, 0.3) is 0 Å². The van der Waals surface area contributed by atoms with Gasteiger partial charge in [0.25, 0.3) is 0 Å². The number of hydrogen-bond donors (Lipinski definition) is 2. The molecule has 0 amide bonds. The van der Waals surface area contributed by atoms with Gasteiger partial charge in [-0.15, -0.1) is 0 Å². The van der Waals surface area contributed by atoms with Crippen molar-refractivity contribution < 1.29 is 4.74 Å². The molecule has 2 heterocycles. The van der Waals surface area contributed by atoms with Crippen molar-refractivity contribution in [2.45, 2.75) is 18.9 Å². The lowest BCUT2D eigenvalue weighted by molar-refractivity contribution is 0.231. The van der Waals surface area contributed by atoms with Gasteiger partial charge in [0, 0.05) is 37.3 Å². The van der Waals surface area contributed by atoms with E-state index in [1.54, 1.807) is 7.11 Å². The van der Waals surface area contributed by atoms with Gasteiger partial charge in [-0.1, -0.05) is 0 Å². The number of methoxy groups -OCH3 is 1. The number of anilines is 1. The van der Waals surface area contributed by atoms with Gasteiger partial charge < -0.3 is 15.4 Å². The molecule has 0 saturated carbocycles. The zero-order chi connectivity index (χ0) is 14.1. The third-order valence-electron chi connectivity index (χ3n) is 4.42. The van der Waals surface area contributed by atoms with Crippen LogP contribution in [0.3, 0.4) is 0 Å². The first kappa shape index (κ1) is 13.2. The molecule has 0 radical (unpaired) electrons. The van der Waals surface area contributed by atoms with E-state index in [4.69, 9.17) is 15.9 Å². The Hall–Kier alpha value is -1.75. The van der Waals surface area contributed by atoms with Crippen LogP contribution < -0.4 is 15.4 Å². The number of rotatable bonds is 3. The molecule has 108 valence electrons. The summed E-state index contributed by atoms with van der Waals surface area (Å²) in [6.45, 7) is 4.34. The summed E-state index contributed by atoms with van der Waals surface area (Å²) in [5, 5.41) is 7.77. The number of benzene rings is 1. The molecule has 2 aliphatic heterocycles. The fourth-order valence-electron chi connectivity index (χ4n) is 3.34. The average Bonchev–Trinajstić information content (AvgIpc) is 2.93. The number of fused-ring (bicyclic) bond motifs is 1. The van der Waals surface area contributed by atoms with Crippen LogP contribution in [0, 0.1) is 5.41 Å². The monoisotopic (exact) mass is 274 g/mol. The lowest BCUT2D eigenvalue weighted by atomic mass is 10.1. The molecule has 3 N–H and O–H groups in total. The highest BCUT2D eigenvalue weighted by Crippen LogP contribution is 2.30. The van der Waals surface area contributed by atoms with Crippen molar-refractivity contribution in [3.8, 4) is 5.75 Å². The maximum Gasteiger partial charge on any atom is 0.124 e. The normalized spacial score (nSPS) is 22.6. The van der Waals surface area contributed by atoms with E-state index in [2.05, 4.69) is 9.80 Å². The summed E-state index contributed by atoms with van der Waals surface area (Å²) in [4.78, 5) is 4.93. The number of nitrogen functional groups attached to an aromatic ring is 1. The van der Waals surface area contributed by atoms with Crippen LogP contribution in [0.4, 0.5) is 5.69 Å². The Kier molecular flexibility index (Phi) is 3.53. The van der Waals surface area contributed by atoms with Crippen molar-refractivity contribution in [1.29, 1.82) is 5.41 Å². The Bertz CT molecular complexity index is 517. The van der Waals surface area contributed by atoms with Gasteiger partial charge >= 0.3 is 0 Å². The molecule has 0 spiro atoms. The second kappa shape index (κ2) is 5.32. The molecule has 2 aliphatic rings. The summed E-state index contributed by atoms with van der Waals surface area (Å²) in [6, 6.07) is 6.40. The first-order chi connectivity index (χ1) is 9.69. The Morgan fingerprint density at radius 2 is 2.20 bits per heavy atom. The zero-order valence-electron chi connectivity index (χ0n) is 11.9. The van der Waals surface area contributed by atoms with Crippen LogP contribution >= 0.6 is 0 Å². The quantitative estimate of drug-likeness (QED) is 0.643. The molecule has 5 nitrogen and oxygen atoms in total. The Labute approximate surface area is 119 Å². The second-order valence-electron chi connectivity index (χ2n) is 5.57. The summed E-state index contributed by atoms with van der Waals surface area (Å²) < 4.78 is 5.32. The maximum atomic E-state index is 7.77. The third-order valence-corrected chi connectivity index (χ3v) is 4.42. The fraction of sp³-hybridized carbons (Fsp3) is 0.533. The average molecular weight is 274 g/mol. The summed E-state index contributed by atoms with van der Waals surface area (Å²) in [5.74, 6) is 0.940. The van der Waals surface area contributed by atoms with Crippen molar-refractivity contribution in [2.24, 2.45) is 5.73 Å². The van der Waals surface area contributed by atoms with Crippen LogP contribution in [0.5, 0.6) is 5.75 Å². The van der Waals surface area contributed by atoms with E-state index >= 15 is 0 Å². The molecule has 1 aromatic carbocycles. The smallest absolute Gasteiger partial charge is 0.124 e. The van der Waals surface area contributed by atoms with E-state index in [1.807, 2.05) is 18.2 Å². The molecule has 1 atom stereocenters. The minimum atomic E-state index is 0.122. The van der Waals surface area contributed by atoms with E-state index in [9.17, 15) is 0 Å². The largest absolute Gasteiger partial charge is 0.497 e. The number of nitrogens with zero attached hydrogens (tertiary/aromatic N) is 2. The highest BCUT2D eigenvalue weighted by Gasteiger charge is 2.31. The predicted molar refractivity (Wildman–Crippen MR) is 80.8 cm³/mol. The minimum absolute atomic E-state index is 0.122. The van der Waals surface area contributed by atoms with Gasteiger partial charge in [0.2, 0.25) is 0 Å². The van der Waals surface area contributed by atoms with E-state index in [0.717, 1.165) is 36.6 Å². The Morgan fingerprint density at radius 1 is 1.35 bits per heavy atom. The summed E-state index contributed by atoms with van der Waals surface area (Å²) >= 11 is 0. The van der Waals surface area contributed by atoms with Crippen molar-refractivity contribution in [1.82, 2.24) is 4.90 Å². The van der Waals surface area contributed by atoms with Crippen molar-refractivity contribution >= 4 is 11.5 Å². The van der Waals surface area contributed by atoms with Crippen molar-refractivity contribution in [3.63, 3.8) is 0 Å². The number of piperazine rings is 1. The second-order valence-corrected chi connectivity index (χ2v) is 5.57. The van der Waals surface area contributed by atoms with E-state index < -0.39 is 0 Å². The van der Waals surface area contributed by atoms with Crippen molar-refractivity contribution in [2.75, 3.05) is 38.2 Å². The van der Waals surface area contributed by atoms with E-state index in [0.29, 0.717) is 6.04 Å². The topological polar surface area (TPSA) is 65.6 Å². The molecule has 1 unspecified atom stereocenters. The summed E-state index contributed by atoms with van der Waals surface area (Å²) in [7, 11) is 1.67. The Balaban J connectivity index is 1.89. The van der Waals surface area contributed by atoms with Gasteiger partial charge in [-0.25, -0.2) is 0 Å². The molecule has 0 aliphatic carbocycles. The van der Waals surface area contributed by atoms with Crippen LogP contribution in [-0.2, 0) is 0 Å². The van der Waals surface area contributed by atoms with Crippen molar-refractivity contribution in [3.05, 3.63) is 23.8 Å². The van der Waals surface area contributed by atoms with Gasteiger partial charge in [-0.3, -0.25) is 10.3 Å². The van der Waals surface area contributed by atoms with E-state index in [-0.39, 0.29) is 5.84 Å². The van der Waals surface area contributed by atoms with Crippen LogP contribution in [0.15, 0.2) is 18.2 Å². The highest BCUT2D eigenvalue weighted by molar-refractivity contribution is 6.00. The molecule has 0 bridgehead atoms. The van der Waals surface area contributed by atoms with Gasteiger partial charge in [0.1, 0.15) is 11.6 Å². The number of nitrogens with one attached hydrogen (secondary N) is 1. The zero-order valence-corrected chi connectivity index (χ0v) is 11.9. The first-order valence-corrected chi connectivity index (χ1v) is 7.20. The van der Waals surface area contributed by atoms with E-state index in [1.165, 1.54) is 19.4 Å². The number of amidine groups is 1. The SMILES string of the molecule is COc1ccc(C(=N)N)c(N2CCN3CCCC3C2)c1. The van der Waals surface area contributed by atoms with Crippen LogP contribution in [0.2, 0.25) is 0 Å². The van der Waals surface area contributed by atoms with Crippen LogP contribution in [0.1, 0.15) is 18.4 Å². The fourth-order valence-corrected chi connectivity index (χ4v) is 3.34. The maximum absolute atomic E-state index is 7.77. The molecule has 3 rings (SSSR count). The molecule has 20 heavy (non-hydrogen) atoms. The van der Waals surface area contributed by atoms with Gasteiger partial charge in [-0.05, 0) is 31.5 Å². The molecular formula is C15H22N4O. The molecule has 1 aromatic rings. The number of hydrogen-bond acceptors (Lipinski definition) is 4. The minimum Gasteiger partial charge on any atom is -0.497 e. The van der Waals surface area contributed by atoms with Gasteiger partial charge in [0.05, 0.1) is 12.8 Å². The first-order valence-electron chi connectivity index (χ1n) is 7.20. The molecule has 2 saturated heterocycles. The van der Waals surface area contributed by atoms with Crippen LogP contribution in [-0.4, -0.2) is 50.1 Å². The molecule has 2 fully saturated rings. The molecule has 5 heteroatoms. The lowest BCUT2D eigenvalue weighted by Gasteiger charge is -2.39. The van der Waals surface area contributed by atoms with Gasteiger partial charge in [0.15, 0.2) is 0 Å². The highest BCUT2D eigenvalue weighted by atomic mass is 16.5. The predicted octanol–water partition coefficient (Wildman–Crippen LogP) is 1.26. The molecule has 0 aromatic heterocycles. The number of ether oxygens (including phenoxy) is 1. The molecular weight excluding hydrogens is 252 g/mol. The Morgan fingerprint density at radius 3 is 2.95 bits per heavy atom. The lowest BCUT2D eigenvalue weighted by Crippen LogP contribution is -2.50. The summed E-state index contributed by atoms with van der Waals surface area (Å²) in [5.41, 5.74) is 7.56. The third kappa shape index (κ3) is 2.33.